The van der Waals surface area contributed by atoms with E-state index in [-0.39, 0.29) is 6.10 Å². The van der Waals surface area contributed by atoms with Gasteiger partial charge in [0.1, 0.15) is 6.10 Å². The second kappa shape index (κ2) is 6.97. The zero-order chi connectivity index (χ0) is 18.2. The summed E-state index contributed by atoms with van der Waals surface area (Å²) in [5.41, 5.74) is 7.45. The van der Waals surface area contributed by atoms with Gasteiger partial charge in [0.2, 0.25) is 11.0 Å². The van der Waals surface area contributed by atoms with Crippen molar-refractivity contribution in [2.24, 2.45) is 0 Å². The molecule has 138 valence electrons. The fraction of sp³-hybridized carbons (Fsp3) is 0.333. The summed E-state index contributed by atoms with van der Waals surface area (Å²) in [5, 5.41) is 14.4. The molecule has 3 heterocycles. The molecular formula is C18H18N6OS2. The molecule has 0 aliphatic heterocycles. The van der Waals surface area contributed by atoms with Gasteiger partial charge in [0.15, 0.2) is 10.8 Å². The van der Waals surface area contributed by atoms with E-state index >= 15 is 0 Å². The Hall–Kier alpha value is -2.39. The Labute approximate surface area is 164 Å². The van der Waals surface area contributed by atoms with Gasteiger partial charge >= 0.3 is 0 Å². The van der Waals surface area contributed by atoms with Crippen LogP contribution in [0.15, 0.2) is 40.4 Å². The summed E-state index contributed by atoms with van der Waals surface area (Å²) < 4.78 is 8.88. The van der Waals surface area contributed by atoms with Crippen molar-refractivity contribution in [1.82, 2.24) is 24.8 Å². The van der Waals surface area contributed by atoms with E-state index in [1.54, 1.807) is 4.52 Å². The molecule has 27 heavy (non-hydrogen) atoms. The summed E-state index contributed by atoms with van der Waals surface area (Å²) in [6.45, 7) is 0. The summed E-state index contributed by atoms with van der Waals surface area (Å²) >= 11 is 2.96. The van der Waals surface area contributed by atoms with Crippen molar-refractivity contribution in [3.05, 3.63) is 30.3 Å². The normalized spacial score (nSPS) is 15.6. The summed E-state index contributed by atoms with van der Waals surface area (Å²) in [4.78, 5) is 5.42. The number of ether oxygens (including phenoxy) is 1. The molecule has 9 heteroatoms. The lowest BCUT2D eigenvalue weighted by molar-refractivity contribution is 0.146. The van der Waals surface area contributed by atoms with Gasteiger partial charge in [0.25, 0.3) is 0 Å². The lowest BCUT2D eigenvalue weighted by Crippen LogP contribution is -2.20. The van der Waals surface area contributed by atoms with Crippen LogP contribution in [0.5, 0.6) is 5.88 Å². The van der Waals surface area contributed by atoms with E-state index in [0.29, 0.717) is 21.8 Å². The molecule has 1 fully saturated rings. The molecule has 0 bridgehead atoms. The molecule has 0 atom stereocenters. The Morgan fingerprint density at radius 1 is 1.11 bits per heavy atom. The predicted molar refractivity (Wildman–Crippen MR) is 106 cm³/mol. The van der Waals surface area contributed by atoms with Crippen LogP contribution in [0.3, 0.4) is 0 Å². The van der Waals surface area contributed by atoms with Gasteiger partial charge in [-0.05, 0) is 55.6 Å². The van der Waals surface area contributed by atoms with Crippen molar-refractivity contribution in [3.8, 4) is 5.88 Å². The van der Waals surface area contributed by atoms with Gasteiger partial charge in [-0.3, -0.25) is 0 Å². The van der Waals surface area contributed by atoms with E-state index in [0.717, 1.165) is 28.0 Å². The molecular weight excluding hydrogens is 380 g/mol. The van der Waals surface area contributed by atoms with Gasteiger partial charge < -0.3 is 10.5 Å². The summed E-state index contributed by atoms with van der Waals surface area (Å²) in [6.07, 6.45) is 6.18. The van der Waals surface area contributed by atoms with E-state index in [2.05, 4.69) is 20.3 Å². The van der Waals surface area contributed by atoms with Crippen LogP contribution in [0, 0.1) is 0 Å². The first-order valence-corrected chi connectivity index (χ1v) is 10.6. The highest BCUT2D eigenvalue weighted by molar-refractivity contribution is 7.99. The minimum Gasteiger partial charge on any atom is -0.473 e. The molecule has 1 aliphatic carbocycles. The predicted octanol–water partition coefficient (Wildman–Crippen LogP) is 4.18. The first-order valence-electron chi connectivity index (χ1n) is 8.98. The number of hydrogen-bond acceptors (Lipinski definition) is 8. The van der Waals surface area contributed by atoms with E-state index in [9.17, 15) is 0 Å². The topological polar surface area (TPSA) is 91.2 Å². The van der Waals surface area contributed by atoms with Crippen molar-refractivity contribution in [1.29, 1.82) is 0 Å². The van der Waals surface area contributed by atoms with Gasteiger partial charge in [0, 0.05) is 11.0 Å². The van der Waals surface area contributed by atoms with Crippen LogP contribution >= 0.6 is 23.1 Å². The number of hydrogen-bond donors (Lipinski definition) is 1. The van der Waals surface area contributed by atoms with Crippen molar-refractivity contribution in [3.63, 3.8) is 0 Å². The monoisotopic (exact) mass is 398 g/mol. The van der Waals surface area contributed by atoms with Crippen LogP contribution in [0.4, 0.5) is 5.13 Å². The van der Waals surface area contributed by atoms with Gasteiger partial charge in [-0.1, -0.05) is 23.8 Å². The first kappa shape index (κ1) is 16.8. The van der Waals surface area contributed by atoms with Crippen LogP contribution in [0.25, 0.3) is 15.9 Å². The Kier molecular flexibility index (Phi) is 4.33. The maximum absolute atomic E-state index is 6.09. The number of nitrogens with zero attached hydrogens (tertiary/aromatic N) is 5. The van der Waals surface area contributed by atoms with Crippen molar-refractivity contribution in [2.45, 2.75) is 48.3 Å². The van der Waals surface area contributed by atoms with Crippen molar-refractivity contribution >= 4 is 44.1 Å². The lowest BCUT2D eigenvalue weighted by atomic mass is 9.98. The van der Waals surface area contributed by atoms with Crippen LogP contribution < -0.4 is 10.5 Å². The quantitative estimate of drug-likeness (QED) is 0.551. The fourth-order valence-electron chi connectivity index (χ4n) is 3.35. The number of nitrogens with two attached hydrogens (primary N) is 1. The Bertz CT molecular complexity index is 1100. The third-order valence-corrected chi connectivity index (χ3v) is 6.49. The molecule has 0 spiro atoms. The van der Waals surface area contributed by atoms with Gasteiger partial charge in [-0.2, -0.15) is 4.52 Å². The van der Waals surface area contributed by atoms with Crippen LogP contribution in [0.1, 0.15) is 32.1 Å². The molecule has 0 radical (unpaired) electrons. The molecule has 3 aromatic heterocycles. The molecule has 2 N–H and O–H groups in total. The number of rotatable bonds is 4. The number of aromatic nitrogens is 5. The fourth-order valence-corrected chi connectivity index (χ4v) is 5.08. The van der Waals surface area contributed by atoms with Crippen molar-refractivity contribution < 1.29 is 4.74 Å². The maximum atomic E-state index is 6.09. The van der Waals surface area contributed by atoms with E-state index in [4.69, 9.17) is 10.5 Å². The van der Waals surface area contributed by atoms with Gasteiger partial charge in [0.05, 0.1) is 10.2 Å². The highest BCUT2D eigenvalue weighted by Crippen LogP contribution is 2.35. The van der Waals surface area contributed by atoms with Gasteiger partial charge in [-0.15, -0.1) is 15.3 Å². The number of benzene rings is 1. The summed E-state index contributed by atoms with van der Waals surface area (Å²) in [5.74, 6) is 0.618. The number of thiazole rings is 1. The minimum absolute atomic E-state index is 0.253. The Morgan fingerprint density at radius 3 is 2.89 bits per heavy atom. The average Bonchev–Trinajstić information content (AvgIpc) is 3.26. The lowest BCUT2D eigenvalue weighted by Gasteiger charge is -2.22. The second-order valence-corrected chi connectivity index (χ2v) is 8.63. The standard InChI is InChI=1S/C18H18N6OS2/c19-17-20-16-12(26-17)7-4-8-13(16)27-18-22-21-14-9-10-15(23-24(14)18)25-11-5-2-1-3-6-11/h4,7-11H,1-3,5-6H2,(H2,19,20). The first-order chi connectivity index (χ1) is 13.3. The summed E-state index contributed by atoms with van der Waals surface area (Å²) in [6, 6.07) is 9.79. The second-order valence-electron chi connectivity index (χ2n) is 6.56. The highest BCUT2D eigenvalue weighted by atomic mass is 32.2. The van der Waals surface area contributed by atoms with E-state index in [1.165, 1.54) is 42.4 Å². The molecule has 1 aromatic carbocycles. The molecule has 7 nitrogen and oxygen atoms in total. The number of fused-ring (bicyclic) bond motifs is 2. The molecule has 1 saturated carbocycles. The average molecular weight is 399 g/mol. The smallest absolute Gasteiger partial charge is 0.232 e. The zero-order valence-corrected chi connectivity index (χ0v) is 16.2. The van der Waals surface area contributed by atoms with Crippen LogP contribution in [-0.4, -0.2) is 30.9 Å². The van der Waals surface area contributed by atoms with Crippen LogP contribution in [0.2, 0.25) is 0 Å². The number of para-hydroxylation sites is 1. The highest BCUT2D eigenvalue weighted by Gasteiger charge is 2.17. The Morgan fingerprint density at radius 2 is 2.00 bits per heavy atom. The molecule has 1 aliphatic rings. The third-order valence-electron chi connectivity index (χ3n) is 4.65. The van der Waals surface area contributed by atoms with E-state index in [1.807, 2.05) is 30.3 Å². The van der Waals surface area contributed by atoms with Crippen molar-refractivity contribution in [2.75, 3.05) is 5.73 Å². The molecule has 4 aromatic rings. The molecule has 0 saturated heterocycles. The molecule has 5 rings (SSSR count). The number of anilines is 1. The molecule has 0 amide bonds. The number of nitrogen functional groups attached to an aromatic ring is 1. The summed E-state index contributed by atoms with van der Waals surface area (Å²) in [7, 11) is 0. The SMILES string of the molecule is Nc1nc2c(Sc3nnc4ccc(OC5CCCCC5)nn34)cccc2s1. The van der Waals surface area contributed by atoms with Crippen LogP contribution in [-0.2, 0) is 0 Å². The maximum Gasteiger partial charge on any atom is 0.232 e. The van der Waals surface area contributed by atoms with Gasteiger partial charge in [-0.25, -0.2) is 4.98 Å². The van der Waals surface area contributed by atoms with E-state index < -0.39 is 0 Å². The zero-order valence-electron chi connectivity index (χ0n) is 14.5. The largest absolute Gasteiger partial charge is 0.473 e. The Balaban J connectivity index is 1.46. The third kappa shape index (κ3) is 3.32. The minimum atomic E-state index is 0.253. The molecule has 0 unspecified atom stereocenters.